The highest BCUT2D eigenvalue weighted by molar-refractivity contribution is 5.85. The molecule has 0 aliphatic rings. The summed E-state index contributed by atoms with van der Waals surface area (Å²) in [6.07, 6.45) is 0. The molecular weight excluding hydrogens is 206 g/mol. The van der Waals surface area contributed by atoms with E-state index in [0.29, 0.717) is 18.0 Å². The van der Waals surface area contributed by atoms with E-state index in [1.807, 2.05) is 12.1 Å². The zero-order valence-electron chi connectivity index (χ0n) is 8.11. The fourth-order valence-electron chi connectivity index (χ4n) is 1.18. The lowest BCUT2D eigenvalue weighted by atomic mass is 10.2. The summed E-state index contributed by atoms with van der Waals surface area (Å²) < 4.78 is 10.2. The number of halogens is 1. The van der Waals surface area contributed by atoms with Crippen molar-refractivity contribution >= 4 is 12.4 Å². The summed E-state index contributed by atoms with van der Waals surface area (Å²) in [5.41, 5.74) is 2.93. The average Bonchev–Trinajstić information content (AvgIpc) is 2.18. The molecule has 0 heterocycles. The molecule has 0 atom stereocenters. The van der Waals surface area contributed by atoms with Crippen molar-refractivity contribution in [3.63, 3.8) is 0 Å². The smallest absolute Gasteiger partial charge is 0.165 e. The molecule has 5 heteroatoms. The Labute approximate surface area is 89.2 Å². The first kappa shape index (κ1) is 13.0. The Morgan fingerprint density at radius 1 is 1.29 bits per heavy atom. The highest BCUT2D eigenvalue weighted by Crippen LogP contribution is 2.30. The predicted octanol–water partition coefficient (Wildman–Crippen LogP) is 1.60. The molecular formula is C9H14ClNO3. The van der Waals surface area contributed by atoms with Gasteiger partial charge >= 0.3 is 0 Å². The normalized spacial score (nSPS) is 9.07. The summed E-state index contributed by atoms with van der Waals surface area (Å²) in [6.45, 7) is 0.334. The highest BCUT2D eigenvalue weighted by Gasteiger charge is 2.07. The van der Waals surface area contributed by atoms with Gasteiger partial charge in [-0.25, -0.2) is 5.48 Å². The Morgan fingerprint density at radius 3 is 2.50 bits per heavy atom. The van der Waals surface area contributed by atoms with E-state index < -0.39 is 0 Å². The molecule has 0 aliphatic carbocycles. The standard InChI is InChI=1S/C9H13NO3.ClH/c1-12-8-5-3-4-7(6-10-11)9(8)13-2;/h3-5,10-11H,6H2,1-2H3;1H. The van der Waals surface area contributed by atoms with Crippen LogP contribution < -0.4 is 15.0 Å². The molecule has 1 aromatic rings. The van der Waals surface area contributed by atoms with Crippen LogP contribution in [0.4, 0.5) is 0 Å². The van der Waals surface area contributed by atoms with E-state index in [9.17, 15) is 0 Å². The monoisotopic (exact) mass is 219 g/mol. The van der Waals surface area contributed by atoms with Crippen molar-refractivity contribution in [2.75, 3.05) is 14.2 Å². The Morgan fingerprint density at radius 2 is 2.00 bits per heavy atom. The Hall–Kier alpha value is -0.970. The van der Waals surface area contributed by atoms with Crippen molar-refractivity contribution in [2.45, 2.75) is 6.54 Å². The third-order valence-electron chi connectivity index (χ3n) is 1.75. The van der Waals surface area contributed by atoms with E-state index >= 15 is 0 Å². The number of hydrogen-bond donors (Lipinski definition) is 2. The SMILES string of the molecule is COc1cccc(CNO)c1OC.Cl. The Bertz CT molecular complexity index is 281. The van der Waals surface area contributed by atoms with Gasteiger partial charge in [0.05, 0.1) is 14.2 Å². The van der Waals surface area contributed by atoms with Crippen LogP contribution in [0.25, 0.3) is 0 Å². The maximum absolute atomic E-state index is 8.56. The van der Waals surface area contributed by atoms with Crippen LogP contribution >= 0.6 is 12.4 Å². The Balaban J connectivity index is 0.00000169. The van der Waals surface area contributed by atoms with Crippen LogP contribution in [-0.2, 0) is 6.54 Å². The molecule has 0 amide bonds. The number of nitrogens with one attached hydrogen (secondary N) is 1. The van der Waals surface area contributed by atoms with E-state index in [2.05, 4.69) is 5.48 Å². The van der Waals surface area contributed by atoms with Crippen LogP contribution in [0, 0.1) is 0 Å². The lowest BCUT2D eigenvalue weighted by Crippen LogP contribution is -2.07. The third kappa shape index (κ3) is 2.77. The number of benzene rings is 1. The largest absolute Gasteiger partial charge is 0.493 e. The molecule has 0 saturated carbocycles. The fraction of sp³-hybridized carbons (Fsp3) is 0.333. The second-order valence-electron chi connectivity index (χ2n) is 2.49. The van der Waals surface area contributed by atoms with E-state index in [0.717, 1.165) is 5.56 Å². The summed E-state index contributed by atoms with van der Waals surface area (Å²) >= 11 is 0. The zero-order valence-corrected chi connectivity index (χ0v) is 8.93. The van der Waals surface area contributed by atoms with Gasteiger partial charge in [0.25, 0.3) is 0 Å². The maximum atomic E-state index is 8.56. The zero-order chi connectivity index (χ0) is 9.68. The number of methoxy groups -OCH3 is 2. The van der Waals surface area contributed by atoms with Gasteiger partial charge in [-0.1, -0.05) is 12.1 Å². The van der Waals surface area contributed by atoms with Gasteiger partial charge in [0, 0.05) is 12.1 Å². The minimum Gasteiger partial charge on any atom is -0.493 e. The lowest BCUT2D eigenvalue weighted by Gasteiger charge is -2.11. The van der Waals surface area contributed by atoms with Crippen molar-refractivity contribution in [2.24, 2.45) is 0 Å². The molecule has 80 valence electrons. The first-order valence-corrected chi connectivity index (χ1v) is 3.90. The van der Waals surface area contributed by atoms with Crippen molar-refractivity contribution in [1.82, 2.24) is 5.48 Å². The molecule has 0 aliphatic heterocycles. The maximum Gasteiger partial charge on any atom is 0.165 e. The van der Waals surface area contributed by atoms with Crippen LogP contribution in [-0.4, -0.2) is 19.4 Å². The molecule has 0 aromatic heterocycles. The summed E-state index contributed by atoms with van der Waals surface area (Å²) in [6, 6.07) is 5.50. The molecule has 1 aromatic carbocycles. The summed E-state index contributed by atoms with van der Waals surface area (Å²) in [5.74, 6) is 1.31. The molecule has 1 rings (SSSR count). The Kier molecular flexibility index (Phi) is 6.03. The second kappa shape index (κ2) is 6.48. The summed E-state index contributed by atoms with van der Waals surface area (Å²) in [7, 11) is 3.15. The molecule has 2 N–H and O–H groups in total. The number of hydrogen-bond acceptors (Lipinski definition) is 4. The fourth-order valence-corrected chi connectivity index (χ4v) is 1.18. The van der Waals surface area contributed by atoms with Gasteiger partial charge in [-0.3, -0.25) is 0 Å². The average molecular weight is 220 g/mol. The molecule has 0 fully saturated rings. The lowest BCUT2D eigenvalue weighted by molar-refractivity contribution is 0.160. The predicted molar refractivity (Wildman–Crippen MR) is 55.4 cm³/mol. The van der Waals surface area contributed by atoms with Gasteiger partial charge in [0.15, 0.2) is 11.5 Å². The van der Waals surface area contributed by atoms with E-state index in [4.69, 9.17) is 14.7 Å². The number of ether oxygens (including phenoxy) is 2. The molecule has 0 spiro atoms. The molecule has 0 radical (unpaired) electrons. The van der Waals surface area contributed by atoms with Gasteiger partial charge in [-0.15, -0.1) is 12.4 Å². The minimum absolute atomic E-state index is 0. The number of rotatable bonds is 4. The molecule has 4 nitrogen and oxygen atoms in total. The van der Waals surface area contributed by atoms with Crippen LogP contribution in [0.3, 0.4) is 0 Å². The molecule has 0 bridgehead atoms. The van der Waals surface area contributed by atoms with Gasteiger partial charge in [0.1, 0.15) is 0 Å². The van der Waals surface area contributed by atoms with Crippen molar-refractivity contribution < 1.29 is 14.7 Å². The quantitative estimate of drug-likeness (QED) is 0.756. The summed E-state index contributed by atoms with van der Waals surface area (Å²) in [4.78, 5) is 0. The van der Waals surface area contributed by atoms with Gasteiger partial charge in [0.2, 0.25) is 0 Å². The summed E-state index contributed by atoms with van der Waals surface area (Å²) in [5, 5.41) is 8.56. The van der Waals surface area contributed by atoms with Crippen LogP contribution in [0.15, 0.2) is 18.2 Å². The molecule has 0 unspecified atom stereocenters. The van der Waals surface area contributed by atoms with Crippen molar-refractivity contribution in [1.29, 1.82) is 0 Å². The van der Waals surface area contributed by atoms with Crippen LogP contribution in [0.5, 0.6) is 11.5 Å². The van der Waals surface area contributed by atoms with Crippen molar-refractivity contribution in [3.8, 4) is 11.5 Å². The second-order valence-corrected chi connectivity index (χ2v) is 2.49. The molecule has 14 heavy (non-hydrogen) atoms. The third-order valence-corrected chi connectivity index (χ3v) is 1.75. The van der Waals surface area contributed by atoms with Gasteiger partial charge in [-0.2, -0.15) is 0 Å². The highest BCUT2D eigenvalue weighted by atomic mass is 35.5. The van der Waals surface area contributed by atoms with Gasteiger partial charge in [-0.05, 0) is 6.07 Å². The van der Waals surface area contributed by atoms with Crippen LogP contribution in [0.1, 0.15) is 5.56 Å². The molecule has 0 saturated heterocycles. The minimum atomic E-state index is 0. The topological polar surface area (TPSA) is 50.7 Å². The van der Waals surface area contributed by atoms with Gasteiger partial charge < -0.3 is 14.7 Å². The van der Waals surface area contributed by atoms with E-state index in [1.54, 1.807) is 20.3 Å². The van der Waals surface area contributed by atoms with Crippen LogP contribution in [0.2, 0.25) is 0 Å². The first-order chi connectivity index (χ1) is 6.33. The van der Waals surface area contributed by atoms with E-state index in [-0.39, 0.29) is 12.4 Å². The van der Waals surface area contributed by atoms with E-state index in [1.165, 1.54) is 0 Å². The first-order valence-electron chi connectivity index (χ1n) is 3.90. The number of hydroxylamine groups is 1. The number of para-hydroxylation sites is 1. The van der Waals surface area contributed by atoms with Crippen molar-refractivity contribution in [3.05, 3.63) is 23.8 Å².